The Morgan fingerprint density at radius 2 is 1.70 bits per heavy atom. The number of anilines is 4. The van der Waals surface area contributed by atoms with Crippen molar-refractivity contribution in [1.29, 1.82) is 0 Å². The molecule has 4 nitrogen and oxygen atoms in total. The van der Waals surface area contributed by atoms with Crippen molar-refractivity contribution in [3.8, 4) is 0 Å². The molecule has 0 amide bonds. The summed E-state index contributed by atoms with van der Waals surface area (Å²) < 4.78 is 40.0. The summed E-state index contributed by atoms with van der Waals surface area (Å²) in [6.45, 7) is 3.93. The van der Waals surface area contributed by atoms with Crippen LogP contribution in [-0.4, -0.2) is 9.97 Å². The van der Waals surface area contributed by atoms with Gasteiger partial charge in [-0.05, 0) is 48.7 Å². The second-order valence-electron chi connectivity index (χ2n) is 6.12. The fourth-order valence-electron chi connectivity index (χ4n) is 2.56. The van der Waals surface area contributed by atoms with Crippen LogP contribution < -0.4 is 10.6 Å². The van der Waals surface area contributed by atoms with Crippen LogP contribution >= 0.6 is 0 Å². The molecule has 0 unspecified atom stereocenters. The first-order valence-corrected chi connectivity index (χ1v) is 8.49. The maximum Gasteiger partial charge on any atom is 0.421 e. The highest BCUT2D eigenvalue weighted by Crippen LogP contribution is 2.35. The van der Waals surface area contributed by atoms with E-state index in [9.17, 15) is 13.2 Å². The van der Waals surface area contributed by atoms with Crippen molar-refractivity contribution in [3.05, 3.63) is 71.4 Å². The van der Waals surface area contributed by atoms with Crippen LogP contribution in [0.4, 0.5) is 36.3 Å². The molecule has 0 saturated heterocycles. The first-order valence-electron chi connectivity index (χ1n) is 8.49. The molecule has 0 aliphatic carbocycles. The Hall–Kier alpha value is -3.09. The average Bonchev–Trinajstić information content (AvgIpc) is 2.61. The van der Waals surface area contributed by atoms with E-state index in [2.05, 4.69) is 20.6 Å². The summed E-state index contributed by atoms with van der Waals surface area (Å²) in [5.41, 5.74) is 2.42. The lowest BCUT2D eigenvalue weighted by Gasteiger charge is -2.15. The average molecular weight is 372 g/mol. The molecule has 0 bridgehead atoms. The number of rotatable bonds is 5. The van der Waals surface area contributed by atoms with Gasteiger partial charge in [0, 0.05) is 17.6 Å². The molecule has 3 aromatic rings. The molecule has 0 atom stereocenters. The van der Waals surface area contributed by atoms with Crippen molar-refractivity contribution in [2.45, 2.75) is 26.4 Å². The van der Waals surface area contributed by atoms with Gasteiger partial charge < -0.3 is 10.6 Å². The van der Waals surface area contributed by atoms with Crippen molar-refractivity contribution in [1.82, 2.24) is 9.97 Å². The number of halogens is 3. The molecule has 0 radical (unpaired) electrons. The zero-order chi connectivity index (χ0) is 19.4. The summed E-state index contributed by atoms with van der Waals surface area (Å²) in [6.07, 6.45) is -2.92. The Bertz CT molecular complexity index is 921. The summed E-state index contributed by atoms with van der Waals surface area (Å²) in [4.78, 5) is 7.87. The molecule has 2 aromatic carbocycles. The molecule has 1 aromatic heterocycles. The number of aryl methyl sites for hydroxylation is 2. The standard InChI is InChI=1S/C20H19F3N4/c1-3-14-7-9-15(10-8-14)25-18-17(20(21,22)23)12-24-19(27-18)26-16-6-4-5-13(2)11-16/h4-12H,3H2,1-2H3,(H2,24,25,26,27). The van der Waals surface area contributed by atoms with E-state index in [4.69, 9.17) is 0 Å². The molecule has 0 aliphatic heterocycles. The molecular formula is C20H19F3N4. The summed E-state index contributed by atoms with van der Waals surface area (Å²) in [5.74, 6) is -0.210. The predicted molar refractivity (Wildman–Crippen MR) is 101 cm³/mol. The molecule has 2 N–H and O–H groups in total. The van der Waals surface area contributed by atoms with Crippen LogP contribution in [0.1, 0.15) is 23.6 Å². The van der Waals surface area contributed by atoms with Crippen LogP contribution in [-0.2, 0) is 12.6 Å². The highest BCUT2D eigenvalue weighted by Gasteiger charge is 2.35. The van der Waals surface area contributed by atoms with E-state index in [1.54, 1.807) is 18.2 Å². The van der Waals surface area contributed by atoms with Crippen LogP contribution in [0.3, 0.4) is 0 Å². The number of nitrogens with one attached hydrogen (secondary N) is 2. The predicted octanol–water partition coefficient (Wildman–Crippen LogP) is 5.85. The third-order valence-electron chi connectivity index (χ3n) is 3.99. The zero-order valence-corrected chi connectivity index (χ0v) is 14.9. The molecule has 7 heteroatoms. The van der Waals surface area contributed by atoms with E-state index >= 15 is 0 Å². The SMILES string of the molecule is CCc1ccc(Nc2nc(Nc3cccc(C)c3)ncc2C(F)(F)F)cc1. The van der Waals surface area contributed by atoms with Crippen molar-refractivity contribution in [3.63, 3.8) is 0 Å². The Morgan fingerprint density at radius 3 is 2.33 bits per heavy atom. The Kier molecular flexibility index (Phi) is 5.30. The van der Waals surface area contributed by atoms with Crippen molar-refractivity contribution in [2.75, 3.05) is 10.6 Å². The van der Waals surface area contributed by atoms with E-state index in [0.29, 0.717) is 11.4 Å². The van der Waals surface area contributed by atoms with Gasteiger partial charge in [0.1, 0.15) is 11.4 Å². The minimum Gasteiger partial charge on any atom is -0.340 e. The van der Waals surface area contributed by atoms with Gasteiger partial charge in [0.25, 0.3) is 0 Å². The molecule has 1 heterocycles. The maximum atomic E-state index is 13.3. The third kappa shape index (κ3) is 4.75. The number of aromatic nitrogens is 2. The van der Waals surface area contributed by atoms with Gasteiger partial charge in [-0.2, -0.15) is 18.2 Å². The largest absolute Gasteiger partial charge is 0.421 e. The third-order valence-corrected chi connectivity index (χ3v) is 3.99. The lowest BCUT2D eigenvalue weighted by Crippen LogP contribution is -2.12. The van der Waals surface area contributed by atoms with Gasteiger partial charge in [-0.1, -0.05) is 31.2 Å². The molecule has 27 heavy (non-hydrogen) atoms. The second kappa shape index (κ2) is 7.65. The second-order valence-corrected chi connectivity index (χ2v) is 6.12. The lowest BCUT2D eigenvalue weighted by atomic mass is 10.1. The van der Waals surface area contributed by atoms with Crippen molar-refractivity contribution in [2.24, 2.45) is 0 Å². The van der Waals surface area contributed by atoms with Crippen LogP contribution in [0.25, 0.3) is 0 Å². The summed E-state index contributed by atoms with van der Waals surface area (Å²) in [7, 11) is 0. The van der Waals surface area contributed by atoms with Gasteiger partial charge in [0.15, 0.2) is 0 Å². The lowest BCUT2D eigenvalue weighted by molar-refractivity contribution is -0.137. The van der Waals surface area contributed by atoms with E-state index in [0.717, 1.165) is 23.7 Å². The number of hydrogen-bond donors (Lipinski definition) is 2. The zero-order valence-electron chi connectivity index (χ0n) is 14.9. The quantitative estimate of drug-likeness (QED) is 0.589. The molecule has 3 rings (SSSR count). The summed E-state index contributed by atoms with van der Waals surface area (Å²) in [5, 5.41) is 5.70. The fourth-order valence-corrected chi connectivity index (χ4v) is 2.56. The summed E-state index contributed by atoms with van der Waals surface area (Å²) >= 11 is 0. The Balaban J connectivity index is 1.92. The van der Waals surface area contributed by atoms with Gasteiger partial charge >= 0.3 is 6.18 Å². The van der Waals surface area contributed by atoms with Crippen LogP contribution in [0.5, 0.6) is 0 Å². The fraction of sp³-hybridized carbons (Fsp3) is 0.200. The molecular weight excluding hydrogens is 353 g/mol. The van der Waals surface area contributed by atoms with Crippen LogP contribution in [0, 0.1) is 6.92 Å². The van der Waals surface area contributed by atoms with Crippen molar-refractivity contribution >= 4 is 23.1 Å². The minimum atomic E-state index is -4.56. The molecule has 140 valence electrons. The van der Waals surface area contributed by atoms with Crippen LogP contribution in [0.2, 0.25) is 0 Å². The first-order chi connectivity index (χ1) is 12.8. The molecule has 0 saturated carbocycles. The summed E-state index contributed by atoms with van der Waals surface area (Å²) in [6, 6.07) is 14.6. The van der Waals surface area contributed by atoms with Gasteiger partial charge in [-0.25, -0.2) is 4.98 Å². The number of hydrogen-bond acceptors (Lipinski definition) is 4. The van der Waals surface area contributed by atoms with E-state index < -0.39 is 11.7 Å². The Morgan fingerprint density at radius 1 is 0.963 bits per heavy atom. The normalized spacial score (nSPS) is 11.3. The highest BCUT2D eigenvalue weighted by molar-refractivity contribution is 5.63. The highest BCUT2D eigenvalue weighted by atomic mass is 19.4. The van der Waals surface area contributed by atoms with Crippen molar-refractivity contribution < 1.29 is 13.2 Å². The van der Waals surface area contributed by atoms with Crippen LogP contribution in [0.15, 0.2) is 54.7 Å². The number of alkyl halides is 3. The van der Waals surface area contributed by atoms with E-state index in [1.807, 2.05) is 44.2 Å². The molecule has 0 aliphatic rings. The minimum absolute atomic E-state index is 0.0845. The van der Waals surface area contributed by atoms with Gasteiger partial charge in [0.2, 0.25) is 5.95 Å². The monoisotopic (exact) mass is 372 g/mol. The Labute approximate surface area is 155 Å². The number of benzene rings is 2. The first kappa shape index (κ1) is 18.7. The van der Waals surface area contributed by atoms with Gasteiger partial charge in [-0.15, -0.1) is 0 Å². The number of nitrogens with zero attached hydrogens (tertiary/aromatic N) is 2. The van der Waals surface area contributed by atoms with Gasteiger partial charge in [0.05, 0.1) is 0 Å². The molecule has 0 spiro atoms. The molecule has 0 fully saturated rings. The topological polar surface area (TPSA) is 49.8 Å². The van der Waals surface area contributed by atoms with E-state index in [1.165, 1.54) is 0 Å². The van der Waals surface area contributed by atoms with E-state index in [-0.39, 0.29) is 11.8 Å². The maximum absolute atomic E-state index is 13.3. The smallest absolute Gasteiger partial charge is 0.340 e. The van der Waals surface area contributed by atoms with Gasteiger partial charge in [-0.3, -0.25) is 0 Å².